The SMILES string of the molecule is C/C=C/c1ccc(OC)c(OC)c1OC.CC. The van der Waals surface area contributed by atoms with E-state index in [1.165, 1.54) is 0 Å². The Morgan fingerprint density at radius 2 is 1.47 bits per heavy atom. The zero-order valence-electron chi connectivity index (χ0n) is 11.5. The predicted octanol–water partition coefficient (Wildman–Crippen LogP) is 3.77. The van der Waals surface area contributed by atoms with Crippen LogP contribution < -0.4 is 14.2 Å². The first-order valence-corrected chi connectivity index (χ1v) is 5.70. The van der Waals surface area contributed by atoms with Crippen LogP contribution in [0.2, 0.25) is 0 Å². The normalized spacial score (nSPS) is 9.53. The molecule has 0 heterocycles. The third kappa shape index (κ3) is 3.70. The third-order valence-corrected chi connectivity index (χ3v) is 2.08. The highest BCUT2D eigenvalue weighted by Gasteiger charge is 2.13. The minimum atomic E-state index is 0.621. The van der Waals surface area contributed by atoms with Crippen molar-refractivity contribution in [1.29, 1.82) is 0 Å². The molecule has 1 aromatic rings. The smallest absolute Gasteiger partial charge is 0.203 e. The zero-order chi connectivity index (χ0) is 13.3. The Balaban J connectivity index is 0.00000121. The number of hydrogen-bond donors (Lipinski definition) is 0. The molecule has 0 bridgehead atoms. The molecule has 0 amide bonds. The molecular weight excluding hydrogens is 216 g/mol. The molecule has 0 aliphatic heterocycles. The summed E-state index contributed by atoms with van der Waals surface area (Å²) in [6.45, 7) is 5.95. The largest absolute Gasteiger partial charge is 0.493 e. The Hall–Kier alpha value is -1.64. The lowest BCUT2D eigenvalue weighted by Crippen LogP contribution is -1.96. The van der Waals surface area contributed by atoms with Crippen LogP contribution in [0.4, 0.5) is 0 Å². The Kier molecular flexibility index (Phi) is 7.68. The highest BCUT2D eigenvalue weighted by atomic mass is 16.5. The van der Waals surface area contributed by atoms with Crippen molar-refractivity contribution in [2.75, 3.05) is 21.3 Å². The molecule has 0 fully saturated rings. The molecule has 17 heavy (non-hydrogen) atoms. The van der Waals surface area contributed by atoms with Gasteiger partial charge in [0.15, 0.2) is 11.5 Å². The van der Waals surface area contributed by atoms with Gasteiger partial charge in [0.05, 0.1) is 21.3 Å². The summed E-state index contributed by atoms with van der Waals surface area (Å²) in [6.07, 6.45) is 3.91. The van der Waals surface area contributed by atoms with Crippen LogP contribution in [-0.2, 0) is 0 Å². The number of rotatable bonds is 4. The van der Waals surface area contributed by atoms with Crippen molar-refractivity contribution in [1.82, 2.24) is 0 Å². The molecule has 0 saturated carbocycles. The van der Waals surface area contributed by atoms with Crippen LogP contribution in [0.1, 0.15) is 26.3 Å². The van der Waals surface area contributed by atoms with Gasteiger partial charge in [-0.05, 0) is 19.1 Å². The predicted molar refractivity (Wildman–Crippen MR) is 72.2 cm³/mol. The Morgan fingerprint density at radius 3 is 1.88 bits per heavy atom. The van der Waals surface area contributed by atoms with Crippen molar-refractivity contribution in [3.05, 3.63) is 23.8 Å². The molecule has 3 heteroatoms. The van der Waals surface area contributed by atoms with E-state index in [0.29, 0.717) is 17.2 Å². The molecule has 1 rings (SSSR count). The lowest BCUT2D eigenvalue weighted by Gasteiger charge is -2.13. The molecule has 0 atom stereocenters. The topological polar surface area (TPSA) is 27.7 Å². The van der Waals surface area contributed by atoms with E-state index in [4.69, 9.17) is 14.2 Å². The maximum Gasteiger partial charge on any atom is 0.203 e. The van der Waals surface area contributed by atoms with Crippen LogP contribution in [-0.4, -0.2) is 21.3 Å². The van der Waals surface area contributed by atoms with Gasteiger partial charge in [-0.2, -0.15) is 0 Å². The summed E-state index contributed by atoms with van der Waals surface area (Å²) < 4.78 is 15.8. The molecule has 0 N–H and O–H groups in total. The van der Waals surface area contributed by atoms with Crippen LogP contribution in [0.5, 0.6) is 17.2 Å². The first-order valence-electron chi connectivity index (χ1n) is 5.70. The van der Waals surface area contributed by atoms with E-state index >= 15 is 0 Å². The molecular formula is C14H22O3. The van der Waals surface area contributed by atoms with Gasteiger partial charge in [0, 0.05) is 5.56 Å². The molecule has 0 aliphatic rings. The minimum absolute atomic E-state index is 0.621. The van der Waals surface area contributed by atoms with Crippen LogP contribution in [0.3, 0.4) is 0 Å². The van der Waals surface area contributed by atoms with E-state index in [9.17, 15) is 0 Å². The standard InChI is InChI=1S/C12H16O3.C2H6/c1-5-6-9-7-8-10(13-2)12(15-4)11(9)14-3;1-2/h5-8H,1-4H3;1-2H3/b6-5+;. The van der Waals surface area contributed by atoms with Crippen LogP contribution in [0.15, 0.2) is 18.2 Å². The molecule has 3 nitrogen and oxygen atoms in total. The third-order valence-electron chi connectivity index (χ3n) is 2.08. The zero-order valence-corrected chi connectivity index (χ0v) is 11.5. The summed E-state index contributed by atoms with van der Waals surface area (Å²) in [7, 11) is 4.82. The molecule has 0 unspecified atom stereocenters. The molecule has 96 valence electrons. The highest BCUT2D eigenvalue weighted by molar-refractivity contribution is 5.66. The molecule has 0 spiro atoms. The monoisotopic (exact) mass is 238 g/mol. The second-order valence-electron chi connectivity index (χ2n) is 2.92. The maximum absolute atomic E-state index is 5.31. The number of allylic oxidation sites excluding steroid dienone is 1. The van der Waals surface area contributed by atoms with E-state index in [2.05, 4.69) is 0 Å². The highest BCUT2D eigenvalue weighted by Crippen LogP contribution is 2.40. The number of ether oxygens (including phenoxy) is 3. The van der Waals surface area contributed by atoms with Gasteiger partial charge < -0.3 is 14.2 Å². The average molecular weight is 238 g/mol. The van der Waals surface area contributed by atoms with Crippen LogP contribution in [0, 0.1) is 0 Å². The minimum Gasteiger partial charge on any atom is -0.493 e. The lowest BCUT2D eigenvalue weighted by atomic mass is 10.1. The van der Waals surface area contributed by atoms with Gasteiger partial charge in [0.2, 0.25) is 5.75 Å². The Bertz CT molecular complexity index is 357. The van der Waals surface area contributed by atoms with E-state index in [1.807, 2.05) is 45.1 Å². The van der Waals surface area contributed by atoms with Gasteiger partial charge in [-0.25, -0.2) is 0 Å². The fraction of sp³-hybridized carbons (Fsp3) is 0.429. The summed E-state index contributed by atoms with van der Waals surface area (Å²) in [6, 6.07) is 3.79. The van der Waals surface area contributed by atoms with Gasteiger partial charge in [-0.1, -0.05) is 26.0 Å². The summed E-state index contributed by atoms with van der Waals surface area (Å²) in [4.78, 5) is 0. The van der Waals surface area contributed by atoms with Crippen molar-refractivity contribution in [3.63, 3.8) is 0 Å². The van der Waals surface area contributed by atoms with Gasteiger partial charge in [-0.3, -0.25) is 0 Å². The second kappa shape index (κ2) is 8.50. The Morgan fingerprint density at radius 1 is 0.882 bits per heavy atom. The van der Waals surface area contributed by atoms with E-state index in [1.54, 1.807) is 21.3 Å². The summed E-state index contributed by atoms with van der Waals surface area (Å²) in [5, 5.41) is 0. The van der Waals surface area contributed by atoms with Gasteiger partial charge in [-0.15, -0.1) is 0 Å². The molecule has 0 aliphatic carbocycles. The number of benzene rings is 1. The summed E-state index contributed by atoms with van der Waals surface area (Å²) in [5.41, 5.74) is 0.970. The summed E-state index contributed by atoms with van der Waals surface area (Å²) in [5.74, 6) is 1.98. The summed E-state index contributed by atoms with van der Waals surface area (Å²) >= 11 is 0. The van der Waals surface area contributed by atoms with Crippen LogP contribution in [0.25, 0.3) is 6.08 Å². The number of methoxy groups -OCH3 is 3. The quantitative estimate of drug-likeness (QED) is 0.799. The van der Waals surface area contributed by atoms with Crippen molar-refractivity contribution in [2.24, 2.45) is 0 Å². The molecule has 0 saturated heterocycles. The van der Waals surface area contributed by atoms with E-state index < -0.39 is 0 Å². The Labute approximate surface area is 104 Å². The molecule has 0 aromatic heterocycles. The van der Waals surface area contributed by atoms with Crippen molar-refractivity contribution < 1.29 is 14.2 Å². The van der Waals surface area contributed by atoms with E-state index in [0.717, 1.165) is 5.56 Å². The van der Waals surface area contributed by atoms with Gasteiger partial charge in [0.25, 0.3) is 0 Å². The fourth-order valence-electron chi connectivity index (χ4n) is 1.44. The average Bonchev–Trinajstić information content (AvgIpc) is 2.40. The van der Waals surface area contributed by atoms with Crippen molar-refractivity contribution in [2.45, 2.75) is 20.8 Å². The van der Waals surface area contributed by atoms with Gasteiger partial charge in [0.1, 0.15) is 0 Å². The first-order chi connectivity index (χ1) is 8.28. The van der Waals surface area contributed by atoms with E-state index in [-0.39, 0.29) is 0 Å². The molecule has 1 aromatic carbocycles. The van der Waals surface area contributed by atoms with Gasteiger partial charge >= 0.3 is 0 Å². The van der Waals surface area contributed by atoms with Crippen LogP contribution >= 0.6 is 0 Å². The fourth-order valence-corrected chi connectivity index (χ4v) is 1.44. The first kappa shape index (κ1) is 15.4. The molecule has 0 radical (unpaired) electrons. The van der Waals surface area contributed by atoms with Crippen molar-refractivity contribution in [3.8, 4) is 17.2 Å². The lowest BCUT2D eigenvalue weighted by molar-refractivity contribution is 0.324. The maximum atomic E-state index is 5.31. The second-order valence-corrected chi connectivity index (χ2v) is 2.92. The number of hydrogen-bond acceptors (Lipinski definition) is 3. The van der Waals surface area contributed by atoms with Crippen molar-refractivity contribution >= 4 is 6.08 Å².